The third-order valence-electron chi connectivity index (χ3n) is 3.24. The van der Waals surface area contributed by atoms with Crippen LogP contribution in [0.15, 0.2) is 28.7 Å². The molecule has 0 N–H and O–H groups in total. The zero-order valence-electron chi connectivity index (χ0n) is 11.9. The number of hydrogen-bond acceptors (Lipinski definition) is 1. The van der Waals surface area contributed by atoms with E-state index in [1.165, 1.54) is 37.7 Å². The molecule has 0 bridgehead atoms. The summed E-state index contributed by atoms with van der Waals surface area (Å²) in [6.07, 6.45) is 6.99. The number of halogens is 2. The molecule has 0 spiro atoms. The van der Waals surface area contributed by atoms with Crippen LogP contribution >= 0.6 is 38.5 Å². The van der Waals surface area contributed by atoms with Crippen molar-refractivity contribution in [2.45, 2.75) is 58.2 Å². The molecule has 0 aliphatic carbocycles. The molecule has 19 heavy (non-hydrogen) atoms. The van der Waals surface area contributed by atoms with Gasteiger partial charge in [-0.25, -0.2) is 0 Å². The molecule has 1 nitrogen and oxygen atoms in total. The molecular formula is C16H24BrIO. The van der Waals surface area contributed by atoms with Crippen molar-refractivity contribution in [3.8, 4) is 0 Å². The van der Waals surface area contributed by atoms with E-state index < -0.39 is 0 Å². The van der Waals surface area contributed by atoms with Crippen LogP contribution in [-0.4, -0.2) is 10.5 Å². The van der Waals surface area contributed by atoms with E-state index in [1.807, 2.05) is 0 Å². The first-order valence-electron chi connectivity index (χ1n) is 7.14. The molecule has 0 aromatic heterocycles. The summed E-state index contributed by atoms with van der Waals surface area (Å²) in [6.45, 7) is 4.45. The van der Waals surface area contributed by atoms with Gasteiger partial charge < -0.3 is 4.74 Å². The topological polar surface area (TPSA) is 9.23 Å². The minimum absolute atomic E-state index is 0.217. The SMILES string of the molecule is CCCCCCC(C)OC(CI)c1ccc(Br)cc1. The minimum atomic E-state index is 0.217. The number of hydrogen-bond donors (Lipinski definition) is 0. The lowest BCUT2D eigenvalue weighted by Crippen LogP contribution is -2.14. The molecule has 1 aromatic carbocycles. The quantitative estimate of drug-likeness (QED) is 0.249. The Labute approximate surface area is 139 Å². The molecule has 3 heteroatoms. The maximum atomic E-state index is 6.18. The lowest BCUT2D eigenvalue weighted by Gasteiger charge is -2.21. The van der Waals surface area contributed by atoms with Crippen molar-refractivity contribution < 1.29 is 4.74 Å². The highest BCUT2D eigenvalue weighted by atomic mass is 127. The predicted molar refractivity (Wildman–Crippen MR) is 95.1 cm³/mol. The summed E-state index contributed by atoms with van der Waals surface area (Å²) in [5, 5.41) is 0. The van der Waals surface area contributed by atoms with Crippen molar-refractivity contribution in [1.82, 2.24) is 0 Å². The fourth-order valence-corrected chi connectivity index (χ4v) is 3.07. The van der Waals surface area contributed by atoms with Crippen molar-refractivity contribution in [1.29, 1.82) is 0 Å². The van der Waals surface area contributed by atoms with E-state index >= 15 is 0 Å². The van der Waals surface area contributed by atoms with Gasteiger partial charge in [-0.15, -0.1) is 0 Å². The van der Waals surface area contributed by atoms with Gasteiger partial charge in [-0.05, 0) is 31.0 Å². The van der Waals surface area contributed by atoms with E-state index in [9.17, 15) is 0 Å². The molecule has 0 saturated heterocycles. The molecule has 2 unspecified atom stereocenters. The first-order valence-corrected chi connectivity index (χ1v) is 9.46. The average molecular weight is 439 g/mol. The summed E-state index contributed by atoms with van der Waals surface area (Å²) < 4.78 is 8.30. The summed E-state index contributed by atoms with van der Waals surface area (Å²) in [5.74, 6) is 0. The van der Waals surface area contributed by atoms with Gasteiger partial charge in [0.25, 0.3) is 0 Å². The maximum absolute atomic E-state index is 6.18. The number of ether oxygens (including phenoxy) is 1. The minimum Gasteiger partial charge on any atom is -0.370 e. The maximum Gasteiger partial charge on any atom is 0.0917 e. The van der Waals surface area contributed by atoms with Gasteiger partial charge in [0, 0.05) is 8.90 Å². The first kappa shape index (κ1) is 17.4. The summed E-state index contributed by atoms with van der Waals surface area (Å²) in [6, 6.07) is 8.47. The normalized spacial score (nSPS) is 14.3. The molecular weight excluding hydrogens is 415 g/mol. The van der Waals surface area contributed by atoms with E-state index in [2.05, 4.69) is 76.6 Å². The molecule has 0 heterocycles. The van der Waals surface area contributed by atoms with Crippen molar-refractivity contribution in [3.05, 3.63) is 34.3 Å². The van der Waals surface area contributed by atoms with Crippen LogP contribution in [0, 0.1) is 0 Å². The van der Waals surface area contributed by atoms with Crippen LogP contribution in [0.3, 0.4) is 0 Å². The third kappa shape index (κ3) is 7.09. The van der Waals surface area contributed by atoms with Gasteiger partial charge in [0.2, 0.25) is 0 Å². The summed E-state index contributed by atoms with van der Waals surface area (Å²) in [7, 11) is 0. The summed E-state index contributed by atoms with van der Waals surface area (Å²) >= 11 is 5.88. The van der Waals surface area contributed by atoms with E-state index in [1.54, 1.807) is 0 Å². The van der Waals surface area contributed by atoms with Crippen LogP contribution in [0.25, 0.3) is 0 Å². The number of benzene rings is 1. The Hall–Kier alpha value is 0.390. The molecule has 0 radical (unpaired) electrons. The predicted octanol–water partition coefficient (Wildman–Crippen LogP) is 6.30. The smallest absolute Gasteiger partial charge is 0.0917 e. The molecule has 108 valence electrons. The Kier molecular flexibility index (Phi) is 9.33. The lowest BCUT2D eigenvalue weighted by atomic mass is 10.1. The van der Waals surface area contributed by atoms with Crippen LogP contribution in [-0.2, 0) is 4.74 Å². The number of rotatable bonds is 9. The lowest BCUT2D eigenvalue weighted by molar-refractivity contribution is 0.00583. The molecule has 0 fully saturated rings. The molecule has 0 saturated carbocycles. The standard InChI is InChI=1S/C16H24BrIO/c1-3-4-5-6-7-13(2)19-16(12-18)14-8-10-15(17)11-9-14/h8-11,13,16H,3-7,12H2,1-2H3. The number of unbranched alkanes of at least 4 members (excludes halogenated alkanes) is 3. The van der Waals surface area contributed by atoms with Crippen LogP contribution in [0.1, 0.15) is 57.6 Å². The summed E-state index contributed by atoms with van der Waals surface area (Å²) in [5.41, 5.74) is 1.28. The van der Waals surface area contributed by atoms with Crippen molar-refractivity contribution in [2.75, 3.05) is 4.43 Å². The highest BCUT2D eigenvalue weighted by molar-refractivity contribution is 14.1. The highest BCUT2D eigenvalue weighted by Gasteiger charge is 2.14. The van der Waals surface area contributed by atoms with Gasteiger partial charge >= 0.3 is 0 Å². The Balaban J connectivity index is 2.41. The van der Waals surface area contributed by atoms with Gasteiger partial charge in [0.1, 0.15) is 0 Å². The van der Waals surface area contributed by atoms with Crippen LogP contribution in [0.4, 0.5) is 0 Å². The summed E-state index contributed by atoms with van der Waals surface area (Å²) in [4.78, 5) is 0. The van der Waals surface area contributed by atoms with E-state index in [4.69, 9.17) is 4.74 Å². The largest absolute Gasteiger partial charge is 0.370 e. The molecule has 2 atom stereocenters. The van der Waals surface area contributed by atoms with Gasteiger partial charge in [-0.3, -0.25) is 0 Å². The van der Waals surface area contributed by atoms with E-state index in [-0.39, 0.29) is 6.10 Å². The van der Waals surface area contributed by atoms with E-state index in [0.717, 1.165) is 8.90 Å². The Morgan fingerprint density at radius 1 is 1.16 bits per heavy atom. The van der Waals surface area contributed by atoms with Gasteiger partial charge in [-0.2, -0.15) is 0 Å². The van der Waals surface area contributed by atoms with Crippen molar-refractivity contribution >= 4 is 38.5 Å². The molecule has 0 aliphatic heterocycles. The first-order chi connectivity index (χ1) is 9.17. The second-order valence-electron chi connectivity index (χ2n) is 4.99. The monoisotopic (exact) mass is 438 g/mol. The number of alkyl halides is 1. The molecule has 0 amide bonds. The molecule has 1 rings (SSSR count). The van der Waals surface area contributed by atoms with Gasteiger partial charge in [0.15, 0.2) is 0 Å². The average Bonchev–Trinajstić information content (AvgIpc) is 2.42. The van der Waals surface area contributed by atoms with Crippen LogP contribution in [0.2, 0.25) is 0 Å². The zero-order valence-corrected chi connectivity index (χ0v) is 15.6. The highest BCUT2D eigenvalue weighted by Crippen LogP contribution is 2.24. The van der Waals surface area contributed by atoms with Crippen LogP contribution in [0.5, 0.6) is 0 Å². The Bertz CT molecular complexity index is 339. The Morgan fingerprint density at radius 2 is 1.84 bits per heavy atom. The van der Waals surface area contributed by atoms with E-state index in [0.29, 0.717) is 6.10 Å². The van der Waals surface area contributed by atoms with Crippen LogP contribution < -0.4 is 0 Å². The fourth-order valence-electron chi connectivity index (χ4n) is 2.09. The molecule has 0 aliphatic rings. The second-order valence-corrected chi connectivity index (χ2v) is 6.79. The molecule has 1 aromatic rings. The third-order valence-corrected chi connectivity index (χ3v) is 4.57. The Morgan fingerprint density at radius 3 is 2.42 bits per heavy atom. The fraction of sp³-hybridized carbons (Fsp3) is 0.625. The van der Waals surface area contributed by atoms with Gasteiger partial charge in [-0.1, -0.05) is 83.3 Å². The van der Waals surface area contributed by atoms with Gasteiger partial charge in [0.05, 0.1) is 12.2 Å². The van der Waals surface area contributed by atoms with Crippen molar-refractivity contribution in [2.24, 2.45) is 0 Å². The second kappa shape index (κ2) is 10.2. The zero-order chi connectivity index (χ0) is 14.1. The van der Waals surface area contributed by atoms with Crippen molar-refractivity contribution in [3.63, 3.8) is 0 Å².